The monoisotopic (exact) mass is 444 g/mol. The van der Waals surface area contributed by atoms with E-state index in [0.717, 1.165) is 16.7 Å². The van der Waals surface area contributed by atoms with E-state index in [0.29, 0.717) is 28.5 Å². The van der Waals surface area contributed by atoms with E-state index in [1.807, 2.05) is 71.0 Å². The van der Waals surface area contributed by atoms with Crippen LogP contribution < -0.4 is 0 Å². The first-order valence-corrected chi connectivity index (χ1v) is 10.8. The Morgan fingerprint density at radius 1 is 0.879 bits per heavy atom. The van der Waals surface area contributed by atoms with Crippen LogP contribution in [0.25, 0.3) is 0 Å². The van der Waals surface area contributed by atoms with Crippen molar-refractivity contribution in [1.82, 2.24) is 0 Å². The van der Waals surface area contributed by atoms with Gasteiger partial charge in [0.1, 0.15) is 5.75 Å². The van der Waals surface area contributed by atoms with E-state index in [2.05, 4.69) is 15.2 Å². The van der Waals surface area contributed by atoms with E-state index in [1.54, 1.807) is 12.1 Å². The summed E-state index contributed by atoms with van der Waals surface area (Å²) in [6.07, 6.45) is 0. The number of rotatable bonds is 6. The van der Waals surface area contributed by atoms with Crippen LogP contribution in [0.3, 0.4) is 0 Å². The number of nitro groups is 1. The van der Waals surface area contributed by atoms with Gasteiger partial charge in [-0.1, -0.05) is 45.4 Å². The molecule has 0 aliphatic rings. The number of non-ortho nitro benzene ring substituents is 1. The Balaban J connectivity index is 2.08. The van der Waals surface area contributed by atoms with Gasteiger partial charge in [-0.15, -0.1) is 10.2 Å². The predicted molar refractivity (Wildman–Crippen MR) is 131 cm³/mol. The maximum atomic E-state index is 11.0. The van der Waals surface area contributed by atoms with Crippen molar-refractivity contribution in [2.75, 3.05) is 0 Å². The molecule has 7 nitrogen and oxygen atoms in total. The number of nitro benzene ring substituents is 1. The number of azo groups is 1. The fourth-order valence-corrected chi connectivity index (χ4v) is 3.33. The van der Waals surface area contributed by atoms with Gasteiger partial charge in [-0.3, -0.25) is 10.1 Å². The van der Waals surface area contributed by atoms with Crippen LogP contribution >= 0.6 is 0 Å². The zero-order valence-corrected chi connectivity index (χ0v) is 19.5. The van der Waals surface area contributed by atoms with Gasteiger partial charge in [0.2, 0.25) is 0 Å². The smallest absolute Gasteiger partial charge is 0.269 e. The molecule has 170 valence electrons. The van der Waals surface area contributed by atoms with Crippen LogP contribution in [0.4, 0.5) is 17.1 Å². The van der Waals surface area contributed by atoms with E-state index in [4.69, 9.17) is 0 Å². The summed E-state index contributed by atoms with van der Waals surface area (Å²) in [7, 11) is 0. The van der Waals surface area contributed by atoms with Crippen molar-refractivity contribution in [2.45, 2.75) is 46.5 Å². The summed E-state index contributed by atoms with van der Waals surface area (Å²) in [5.41, 5.74) is 4.64. The summed E-state index contributed by atoms with van der Waals surface area (Å²) in [5.74, 6) is 0.864. The molecule has 0 saturated carbocycles. The second-order valence-corrected chi connectivity index (χ2v) is 8.56. The molecule has 0 saturated heterocycles. The second kappa shape index (κ2) is 10.2. The molecule has 0 unspecified atom stereocenters. The number of hydrogen-bond donors (Lipinski definition) is 1. The van der Waals surface area contributed by atoms with Crippen molar-refractivity contribution in [3.63, 3.8) is 0 Å². The van der Waals surface area contributed by atoms with Crippen molar-refractivity contribution in [2.24, 2.45) is 15.2 Å². The summed E-state index contributed by atoms with van der Waals surface area (Å²) < 4.78 is 0. The van der Waals surface area contributed by atoms with E-state index < -0.39 is 4.92 Å². The summed E-state index contributed by atoms with van der Waals surface area (Å²) in [6.45, 7) is 10.1. The zero-order chi connectivity index (χ0) is 24.1. The summed E-state index contributed by atoms with van der Waals surface area (Å²) in [6, 6.07) is 17.4. The van der Waals surface area contributed by atoms with Gasteiger partial charge in [0.25, 0.3) is 5.69 Å². The molecule has 0 heterocycles. The van der Waals surface area contributed by atoms with E-state index in [1.165, 1.54) is 12.1 Å². The highest BCUT2D eigenvalue weighted by Gasteiger charge is 2.15. The molecule has 7 heteroatoms. The lowest BCUT2D eigenvalue weighted by atomic mass is 9.93. The largest absolute Gasteiger partial charge is 0.507 e. The number of phenols is 1. The molecule has 0 bridgehead atoms. The quantitative estimate of drug-likeness (QED) is 0.138. The van der Waals surface area contributed by atoms with E-state index >= 15 is 0 Å². The Hall–Kier alpha value is -3.87. The Morgan fingerprint density at radius 3 is 1.91 bits per heavy atom. The highest BCUT2D eigenvalue weighted by molar-refractivity contribution is 6.01. The fourth-order valence-electron chi connectivity index (χ4n) is 3.33. The third-order valence-electron chi connectivity index (χ3n) is 5.26. The van der Waals surface area contributed by atoms with Crippen molar-refractivity contribution >= 4 is 22.9 Å². The highest BCUT2D eigenvalue weighted by atomic mass is 16.6. The molecule has 0 atom stereocenters. The standard InChI is InChI=1S/C26H28N4O3/c1-16(2)23-14-21(15-24(17(3)4)25(23)31)28-29-26(27-20-10-6-18(5)7-11-20)19-8-12-22(13-9-19)30(32)33/h6-17,31H,1-5H3. The number of aryl methyl sites for hydroxylation is 1. The van der Waals surface area contributed by atoms with Crippen LogP contribution in [0.5, 0.6) is 5.75 Å². The number of amidine groups is 1. The molecule has 0 aliphatic carbocycles. The van der Waals surface area contributed by atoms with Gasteiger partial charge in [0.15, 0.2) is 5.84 Å². The van der Waals surface area contributed by atoms with Crippen LogP contribution in [0.2, 0.25) is 0 Å². The lowest BCUT2D eigenvalue weighted by molar-refractivity contribution is -0.384. The van der Waals surface area contributed by atoms with Crippen molar-refractivity contribution in [3.8, 4) is 5.75 Å². The Morgan fingerprint density at radius 2 is 1.42 bits per heavy atom. The summed E-state index contributed by atoms with van der Waals surface area (Å²) >= 11 is 0. The molecular weight excluding hydrogens is 416 g/mol. The predicted octanol–water partition coefficient (Wildman–Crippen LogP) is 7.72. The maximum absolute atomic E-state index is 11.0. The lowest BCUT2D eigenvalue weighted by Crippen LogP contribution is -1.98. The summed E-state index contributed by atoms with van der Waals surface area (Å²) in [4.78, 5) is 15.2. The minimum Gasteiger partial charge on any atom is -0.507 e. The number of hydrogen-bond acceptors (Lipinski definition) is 5. The minimum absolute atomic E-state index is 0.00735. The van der Waals surface area contributed by atoms with Crippen molar-refractivity contribution in [3.05, 3.63) is 93.0 Å². The molecule has 33 heavy (non-hydrogen) atoms. The SMILES string of the molecule is Cc1ccc(N=C(N=Nc2cc(C(C)C)c(O)c(C(C)C)c2)c2ccc([N+](=O)[O-])cc2)cc1. The topological polar surface area (TPSA) is 100 Å². The van der Waals surface area contributed by atoms with Gasteiger partial charge in [0, 0.05) is 17.7 Å². The number of aliphatic imine (C=N–C) groups is 1. The lowest BCUT2D eigenvalue weighted by Gasteiger charge is -2.15. The third-order valence-corrected chi connectivity index (χ3v) is 5.26. The number of nitrogens with zero attached hydrogens (tertiary/aromatic N) is 4. The zero-order valence-electron chi connectivity index (χ0n) is 19.5. The van der Waals surface area contributed by atoms with Gasteiger partial charge in [0.05, 0.1) is 16.3 Å². The maximum Gasteiger partial charge on any atom is 0.269 e. The van der Waals surface area contributed by atoms with Crippen molar-refractivity contribution < 1.29 is 10.0 Å². The fraction of sp³-hybridized carbons (Fsp3) is 0.269. The Bertz CT molecular complexity index is 1170. The van der Waals surface area contributed by atoms with Crippen LogP contribution in [0.1, 0.15) is 61.8 Å². The van der Waals surface area contributed by atoms with Crippen molar-refractivity contribution in [1.29, 1.82) is 0 Å². The Kier molecular flexibility index (Phi) is 7.33. The Labute approximate surface area is 193 Å². The molecule has 3 aromatic carbocycles. The normalized spacial score (nSPS) is 12.2. The number of phenolic OH excluding ortho intramolecular Hbond substituents is 1. The van der Waals surface area contributed by atoms with Gasteiger partial charge in [-0.05, 0) is 66.3 Å². The first-order chi connectivity index (χ1) is 15.7. The third kappa shape index (κ3) is 5.88. The van der Waals surface area contributed by atoms with Crippen LogP contribution in [-0.4, -0.2) is 15.9 Å². The molecule has 0 aliphatic heterocycles. The van der Waals surface area contributed by atoms with Gasteiger partial charge in [-0.25, -0.2) is 4.99 Å². The first kappa shape index (κ1) is 23.8. The molecule has 0 amide bonds. The number of aromatic hydroxyl groups is 1. The number of benzene rings is 3. The second-order valence-electron chi connectivity index (χ2n) is 8.56. The van der Waals surface area contributed by atoms with Crippen LogP contribution in [0, 0.1) is 17.0 Å². The molecule has 0 spiro atoms. The average Bonchev–Trinajstić information content (AvgIpc) is 2.78. The molecular formula is C26H28N4O3. The van der Waals surface area contributed by atoms with Gasteiger partial charge in [-0.2, -0.15) is 0 Å². The summed E-state index contributed by atoms with van der Waals surface area (Å²) in [5, 5.41) is 30.5. The molecule has 0 radical (unpaired) electrons. The minimum atomic E-state index is -0.445. The van der Waals surface area contributed by atoms with E-state index in [9.17, 15) is 15.2 Å². The van der Waals surface area contributed by atoms with E-state index in [-0.39, 0.29) is 17.5 Å². The molecule has 1 N–H and O–H groups in total. The highest BCUT2D eigenvalue weighted by Crippen LogP contribution is 2.37. The first-order valence-electron chi connectivity index (χ1n) is 10.8. The van der Waals surface area contributed by atoms with Crippen LogP contribution in [-0.2, 0) is 0 Å². The molecule has 3 aromatic rings. The molecule has 3 rings (SSSR count). The average molecular weight is 445 g/mol. The molecule has 0 aromatic heterocycles. The molecule has 0 fully saturated rings. The van der Waals surface area contributed by atoms with Crippen LogP contribution in [0.15, 0.2) is 75.9 Å². The van der Waals surface area contributed by atoms with Gasteiger partial charge < -0.3 is 5.11 Å². The van der Waals surface area contributed by atoms with Gasteiger partial charge >= 0.3 is 0 Å².